The van der Waals surface area contributed by atoms with E-state index in [-0.39, 0.29) is 11.9 Å². The molecular weight excluding hydrogens is 196 g/mol. The monoisotopic (exact) mass is 206 g/mol. The fourth-order valence-electron chi connectivity index (χ4n) is 1.00. The molecule has 0 heterocycles. The van der Waals surface area contributed by atoms with Crippen molar-refractivity contribution in [2.45, 2.75) is 24.6 Å². The van der Waals surface area contributed by atoms with Crippen LogP contribution in [0.15, 0.2) is 0 Å². The molecule has 0 aromatic heterocycles. The highest BCUT2D eigenvalue weighted by Crippen LogP contribution is 2.33. The summed E-state index contributed by atoms with van der Waals surface area (Å²) < 4.78 is 4.83. The minimum atomic E-state index is -0.0294. The lowest BCUT2D eigenvalue weighted by Crippen LogP contribution is -2.31. The van der Waals surface area contributed by atoms with Gasteiger partial charge in [0.1, 0.15) is 0 Å². The van der Waals surface area contributed by atoms with Gasteiger partial charge in [0.15, 0.2) is 0 Å². The first-order valence-electron chi connectivity index (χ1n) is 3.54. The van der Waals surface area contributed by atoms with Gasteiger partial charge in [0.05, 0.1) is 12.5 Å². The number of carbonyl (C=O) groups excluding carboxylic acids is 1. The van der Waals surface area contributed by atoms with Crippen LogP contribution in [0.3, 0.4) is 0 Å². The van der Waals surface area contributed by atoms with Crippen molar-refractivity contribution in [1.29, 1.82) is 0 Å². The van der Waals surface area contributed by atoms with Crippen molar-refractivity contribution in [3.05, 3.63) is 0 Å². The molecule has 1 saturated carbocycles. The van der Waals surface area contributed by atoms with Gasteiger partial charge in [0.2, 0.25) is 0 Å². The molecule has 0 radical (unpaired) electrons. The molecule has 1 rings (SSSR count). The molecule has 1 fully saturated rings. The van der Waals surface area contributed by atoms with Gasteiger partial charge in [-0.3, -0.25) is 4.79 Å². The van der Waals surface area contributed by atoms with Crippen LogP contribution in [0.25, 0.3) is 0 Å². The molecule has 0 saturated heterocycles. The molecule has 2 nitrogen and oxygen atoms in total. The first kappa shape index (κ1) is 8.05. The summed E-state index contributed by atoms with van der Waals surface area (Å²) in [5.41, 5.74) is 0. The molecule has 0 atom stereocenters. The van der Waals surface area contributed by atoms with E-state index in [2.05, 4.69) is 15.9 Å². The van der Waals surface area contributed by atoms with E-state index in [4.69, 9.17) is 4.74 Å². The van der Waals surface area contributed by atoms with Crippen LogP contribution in [0.5, 0.6) is 0 Å². The second-order valence-electron chi connectivity index (χ2n) is 2.52. The van der Waals surface area contributed by atoms with Crippen molar-refractivity contribution in [2.24, 2.45) is 5.92 Å². The Kier molecular flexibility index (Phi) is 2.72. The summed E-state index contributed by atoms with van der Waals surface area (Å²) in [6.07, 6.45) is 1.89. The van der Waals surface area contributed by atoms with Crippen molar-refractivity contribution < 1.29 is 9.53 Å². The van der Waals surface area contributed by atoms with Gasteiger partial charge in [0.25, 0.3) is 0 Å². The van der Waals surface area contributed by atoms with Crippen LogP contribution in [-0.2, 0) is 9.53 Å². The maximum atomic E-state index is 10.9. The zero-order chi connectivity index (χ0) is 7.56. The fourth-order valence-corrected chi connectivity index (χ4v) is 1.90. The van der Waals surface area contributed by atoms with Gasteiger partial charge in [0, 0.05) is 4.83 Å². The second kappa shape index (κ2) is 3.37. The van der Waals surface area contributed by atoms with Crippen LogP contribution >= 0.6 is 15.9 Å². The third kappa shape index (κ3) is 1.72. The van der Waals surface area contributed by atoms with E-state index >= 15 is 0 Å². The van der Waals surface area contributed by atoms with Crippen LogP contribution in [0.1, 0.15) is 19.8 Å². The second-order valence-corrected chi connectivity index (χ2v) is 3.81. The number of ether oxygens (including phenoxy) is 1. The van der Waals surface area contributed by atoms with Crippen LogP contribution in [0, 0.1) is 5.92 Å². The lowest BCUT2D eigenvalue weighted by Gasteiger charge is -2.28. The summed E-state index contributed by atoms with van der Waals surface area (Å²) in [7, 11) is 0. The summed E-state index contributed by atoms with van der Waals surface area (Å²) in [5.74, 6) is 0.141. The normalized spacial score (nSPS) is 31.0. The molecule has 0 unspecified atom stereocenters. The average molecular weight is 207 g/mol. The molecule has 0 aromatic rings. The Labute approximate surface area is 69.1 Å². The number of halogens is 1. The van der Waals surface area contributed by atoms with Crippen LogP contribution in [0.2, 0.25) is 0 Å². The van der Waals surface area contributed by atoms with Crippen LogP contribution < -0.4 is 0 Å². The molecule has 0 aliphatic heterocycles. The molecule has 0 amide bonds. The minimum absolute atomic E-state index is 0.0294. The van der Waals surface area contributed by atoms with E-state index in [1.807, 2.05) is 6.92 Å². The Hall–Kier alpha value is -0.0500. The standard InChI is InChI=1S/C7H11BrO2/c1-2-10-7(9)5-3-6(8)4-5/h5-6H,2-4H2,1H3. The third-order valence-electron chi connectivity index (χ3n) is 1.70. The van der Waals surface area contributed by atoms with Crippen molar-refractivity contribution in [3.8, 4) is 0 Å². The molecule has 0 spiro atoms. The molecule has 1 aliphatic carbocycles. The SMILES string of the molecule is CCOC(=O)C1CC(Br)C1. The predicted molar refractivity (Wildman–Crippen MR) is 42.1 cm³/mol. The lowest BCUT2D eigenvalue weighted by atomic mass is 9.85. The molecular formula is C7H11BrO2. The summed E-state index contributed by atoms with van der Waals surface area (Å²) in [6, 6.07) is 0. The molecule has 58 valence electrons. The summed E-state index contributed by atoms with van der Waals surface area (Å²) in [4.78, 5) is 11.5. The lowest BCUT2D eigenvalue weighted by molar-refractivity contribution is -0.150. The summed E-state index contributed by atoms with van der Waals surface area (Å²) in [5, 5.41) is 0. The zero-order valence-electron chi connectivity index (χ0n) is 5.97. The quantitative estimate of drug-likeness (QED) is 0.509. The Balaban J connectivity index is 2.18. The highest BCUT2D eigenvalue weighted by molar-refractivity contribution is 9.09. The minimum Gasteiger partial charge on any atom is -0.466 e. The first-order valence-corrected chi connectivity index (χ1v) is 4.46. The van der Waals surface area contributed by atoms with E-state index in [0.717, 1.165) is 12.8 Å². The van der Waals surface area contributed by atoms with Gasteiger partial charge in [-0.2, -0.15) is 0 Å². The van der Waals surface area contributed by atoms with Crippen molar-refractivity contribution in [3.63, 3.8) is 0 Å². The highest BCUT2D eigenvalue weighted by Gasteiger charge is 2.33. The number of alkyl halides is 1. The Morgan fingerprint density at radius 3 is 2.70 bits per heavy atom. The van der Waals surface area contributed by atoms with E-state index in [1.54, 1.807) is 0 Å². The Morgan fingerprint density at radius 2 is 2.30 bits per heavy atom. The maximum absolute atomic E-state index is 10.9. The number of hydrogen-bond acceptors (Lipinski definition) is 2. The molecule has 0 N–H and O–H groups in total. The number of esters is 1. The van der Waals surface area contributed by atoms with Crippen molar-refractivity contribution >= 4 is 21.9 Å². The molecule has 0 aromatic carbocycles. The number of rotatable bonds is 2. The fraction of sp³-hybridized carbons (Fsp3) is 0.857. The van der Waals surface area contributed by atoms with Gasteiger partial charge < -0.3 is 4.74 Å². The van der Waals surface area contributed by atoms with E-state index in [0.29, 0.717) is 11.4 Å². The van der Waals surface area contributed by atoms with Gasteiger partial charge in [-0.15, -0.1) is 0 Å². The Morgan fingerprint density at radius 1 is 1.70 bits per heavy atom. The van der Waals surface area contributed by atoms with Gasteiger partial charge >= 0.3 is 5.97 Å². The van der Waals surface area contributed by atoms with Crippen molar-refractivity contribution in [2.75, 3.05) is 6.61 Å². The molecule has 0 bridgehead atoms. The molecule has 10 heavy (non-hydrogen) atoms. The van der Waals surface area contributed by atoms with Gasteiger partial charge in [-0.25, -0.2) is 0 Å². The smallest absolute Gasteiger partial charge is 0.308 e. The maximum Gasteiger partial charge on any atom is 0.308 e. The van der Waals surface area contributed by atoms with E-state index in [1.165, 1.54) is 0 Å². The zero-order valence-corrected chi connectivity index (χ0v) is 7.56. The largest absolute Gasteiger partial charge is 0.466 e. The topological polar surface area (TPSA) is 26.3 Å². The number of hydrogen-bond donors (Lipinski definition) is 0. The van der Waals surface area contributed by atoms with Crippen LogP contribution in [-0.4, -0.2) is 17.4 Å². The van der Waals surface area contributed by atoms with Crippen LogP contribution in [0.4, 0.5) is 0 Å². The van der Waals surface area contributed by atoms with E-state index < -0.39 is 0 Å². The third-order valence-corrected chi connectivity index (χ3v) is 2.45. The van der Waals surface area contributed by atoms with Crippen molar-refractivity contribution in [1.82, 2.24) is 0 Å². The summed E-state index contributed by atoms with van der Waals surface area (Å²) in [6.45, 7) is 2.34. The predicted octanol–water partition coefficient (Wildman–Crippen LogP) is 1.72. The number of carbonyl (C=O) groups is 1. The highest BCUT2D eigenvalue weighted by atomic mass is 79.9. The summed E-state index contributed by atoms with van der Waals surface area (Å²) >= 11 is 3.41. The average Bonchev–Trinajstić information content (AvgIpc) is 1.82. The van der Waals surface area contributed by atoms with E-state index in [9.17, 15) is 4.79 Å². The molecule has 1 aliphatic rings. The van der Waals surface area contributed by atoms with Gasteiger partial charge in [-0.05, 0) is 19.8 Å². The first-order chi connectivity index (χ1) is 4.74. The Bertz CT molecular complexity index is 130. The van der Waals surface area contributed by atoms with Gasteiger partial charge in [-0.1, -0.05) is 15.9 Å². The molecule has 3 heteroatoms.